The van der Waals surface area contributed by atoms with Gasteiger partial charge in [0.15, 0.2) is 0 Å². The first-order valence-electron chi connectivity index (χ1n) is 13.1. The number of amides is 1. The van der Waals surface area contributed by atoms with Crippen LogP contribution in [0.15, 0.2) is 53.7 Å². The zero-order valence-corrected chi connectivity index (χ0v) is 24.2. The molecule has 0 saturated carbocycles. The van der Waals surface area contributed by atoms with Gasteiger partial charge in [0.05, 0.1) is 17.3 Å². The molecule has 3 aromatic heterocycles. The summed E-state index contributed by atoms with van der Waals surface area (Å²) in [5.74, 6) is 1.75. The number of nitrogens with zero attached hydrogens (tertiary/aromatic N) is 4. The van der Waals surface area contributed by atoms with Gasteiger partial charge in [0, 0.05) is 46.4 Å². The summed E-state index contributed by atoms with van der Waals surface area (Å²) < 4.78 is 3.00. The van der Waals surface area contributed by atoms with Crippen LogP contribution >= 0.6 is 23.5 Å². The number of hydrogen-bond donors (Lipinski definition) is 2. The first-order chi connectivity index (χ1) is 18.0. The van der Waals surface area contributed by atoms with E-state index in [0.717, 1.165) is 48.8 Å². The van der Waals surface area contributed by atoms with E-state index in [4.69, 9.17) is 21.6 Å². The van der Waals surface area contributed by atoms with Gasteiger partial charge < -0.3 is 10.2 Å². The van der Waals surface area contributed by atoms with Crippen LogP contribution in [0.4, 0.5) is 11.6 Å². The highest BCUT2D eigenvalue weighted by atomic mass is 35.5. The Hall–Kier alpha value is -2.84. The summed E-state index contributed by atoms with van der Waals surface area (Å²) in [6.45, 7) is 11.8. The number of hydrogen-bond acceptors (Lipinski definition) is 7. The highest BCUT2D eigenvalue weighted by Gasteiger charge is 2.41. The molecule has 200 valence electrons. The Balaban J connectivity index is 1.56. The molecule has 0 radical (unpaired) electrons. The molecule has 1 saturated heterocycles. The van der Waals surface area contributed by atoms with E-state index in [9.17, 15) is 4.79 Å². The molecule has 4 bridgehead atoms. The molecule has 0 aliphatic carbocycles. The van der Waals surface area contributed by atoms with Gasteiger partial charge in [-0.15, -0.1) is 0 Å². The number of pyridine rings is 3. The van der Waals surface area contributed by atoms with Crippen LogP contribution in [0.1, 0.15) is 81.7 Å². The van der Waals surface area contributed by atoms with Crippen molar-refractivity contribution in [3.63, 3.8) is 0 Å². The fourth-order valence-electron chi connectivity index (χ4n) is 5.39. The minimum atomic E-state index is -0.173. The average molecular weight is 551 g/mol. The summed E-state index contributed by atoms with van der Waals surface area (Å²) in [7, 11) is 0. The lowest BCUT2D eigenvalue weighted by molar-refractivity contribution is 0.0984. The summed E-state index contributed by atoms with van der Waals surface area (Å²) >= 11 is 7.54. The van der Waals surface area contributed by atoms with Crippen LogP contribution in [0.25, 0.3) is 0 Å². The molecule has 3 aromatic rings. The summed E-state index contributed by atoms with van der Waals surface area (Å²) in [6, 6.07) is 13.3. The maximum absolute atomic E-state index is 13.5. The van der Waals surface area contributed by atoms with Crippen molar-refractivity contribution < 1.29 is 4.79 Å². The van der Waals surface area contributed by atoms with Crippen LogP contribution in [0.2, 0.25) is 5.02 Å². The van der Waals surface area contributed by atoms with Crippen molar-refractivity contribution in [2.75, 3.05) is 16.8 Å². The molecule has 1 fully saturated rings. The van der Waals surface area contributed by atoms with Crippen molar-refractivity contribution in [1.29, 1.82) is 0 Å². The van der Waals surface area contributed by atoms with Gasteiger partial charge in [0.2, 0.25) is 0 Å². The van der Waals surface area contributed by atoms with E-state index >= 15 is 0 Å². The van der Waals surface area contributed by atoms with E-state index in [1.165, 1.54) is 11.9 Å². The van der Waals surface area contributed by atoms with E-state index in [2.05, 4.69) is 54.5 Å². The Kier molecular flexibility index (Phi) is 7.31. The molecule has 2 aliphatic rings. The fourth-order valence-corrected chi connectivity index (χ4v) is 6.16. The van der Waals surface area contributed by atoms with E-state index in [-0.39, 0.29) is 22.9 Å². The number of halogens is 1. The van der Waals surface area contributed by atoms with E-state index in [1.54, 1.807) is 12.3 Å². The third-order valence-corrected chi connectivity index (χ3v) is 8.32. The lowest BCUT2D eigenvalue weighted by atomic mass is 9.90. The normalized spacial score (nSPS) is 21.5. The Morgan fingerprint density at radius 3 is 2.68 bits per heavy atom. The third-order valence-electron chi connectivity index (χ3n) is 7.36. The highest BCUT2D eigenvalue weighted by molar-refractivity contribution is 7.97. The summed E-state index contributed by atoms with van der Waals surface area (Å²) in [6.07, 6.45) is 4.62. The zero-order chi connectivity index (χ0) is 27.1. The minimum Gasteiger partial charge on any atom is -0.362 e. The Morgan fingerprint density at radius 2 is 1.92 bits per heavy atom. The quantitative estimate of drug-likeness (QED) is 0.322. The molecule has 7 nitrogen and oxygen atoms in total. The third kappa shape index (κ3) is 5.76. The van der Waals surface area contributed by atoms with Crippen LogP contribution in [0.5, 0.6) is 0 Å². The number of carbonyl (C=O) groups excluding carboxylic acids is 1. The lowest BCUT2D eigenvalue weighted by Gasteiger charge is -2.34. The van der Waals surface area contributed by atoms with Gasteiger partial charge >= 0.3 is 0 Å². The monoisotopic (exact) mass is 550 g/mol. The molecule has 5 rings (SSSR count). The predicted octanol–water partition coefficient (Wildman–Crippen LogP) is 6.81. The molecule has 2 unspecified atom stereocenters. The average Bonchev–Trinajstić information content (AvgIpc) is 3.17. The standard InChI is InChI=1S/C29H35ClN6OS/c1-28(2,3)23-12-10-20-26(33-23)36-17-18(16-29(36,4)5)9-11-21(22-15-19(30)13-14-31-22)32-24-7-6-8-25(34-24)38-35-27(20)37/h6-8,10,12-15,18,21H,9,11,16-17H2,1-5H3,(H,32,34)(H,35,37). The van der Waals surface area contributed by atoms with Crippen molar-refractivity contribution in [1.82, 2.24) is 19.7 Å². The van der Waals surface area contributed by atoms with Crippen LogP contribution in [0, 0.1) is 5.92 Å². The maximum atomic E-state index is 13.5. The molecule has 0 spiro atoms. The second kappa shape index (κ2) is 10.4. The largest absolute Gasteiger partial charge is 0.362 e. The summed E-state index contributed by atoms with van der Waals surface area (Å²) in [4.78, 5) is 30.3. The highest BCUT2D eigenvalue weighted by Crippen LogP contribution is 2.41. The molecule has 9 heteroatoms. The summed E-state index contributed by atoms with van der Waals surface area (Å²) in [5, 5.41) is 4.94. The van der Waals surface area contributed by atoms with E-state index in [1.807, 2.05) is 36.4 Å². The molecule has 38 heavy (non-hydrogen) atoms. The van der Waals surface area contributed by atoms with Gasteiger partial charge in [0.1, 0.15) is 16.7 Å². The predicted molar refractivity (Wildman–Crippen MR) is 155 cm³/mol. The number of fused-ring (bicyclic) bond motifs is 6. The first-order valence-corrected chi connectivity index (χ1v) is 14.3. The number of rotatable bonds is 1. The molecule has 2 aliphatic heterocycles. The molecule has 2 atom stereocenters. The Morgan fingerprint density at radius 1 is 1.11 bits per heavy atom. The Labute approximate surface area is 234 Å². The van der Waals surface area contributed by atoms with Crippen molar-refractivity contribution in [2.45, 2.75) is 75.9 Å². The number of aromatic nitrogens is 3. The van der Waals surface area contributed by atoms with Crippen molar-refractivity contribution in [3.05, 3.63) is 70.6 Å². The SMILES string of the molecule is CC(C)(C)c1ccc2c(n1)N1CC(CCC(c3cc(Cl)ccn3)Nc3cccc(n3)SNC2=O)CC1(C)C. The number of nitrogens with one attached hydrogen (secondary N) is 2. The first kappa shape index (κ1) is 26.8. The molecule has 2 N–H and O–H groups in total. The van der Waals surface area contributed by atoms with Gasteiger partial charge in [-0.05, 0) is 75.4 Å². The fraction of sp³-hybridized carbons (Fsp3) is 0.448. The number of carbonyl (C=O) groups is 1. The van der Waals surface area contributed by atoms with Crippen LogP contribution in [0.3, 0.4) is 0 Å². The van der Waals surface area contributed by atoms with Crippen molar-refractivity contribution >= 4 is 41.1 Å². The topological polar surface area (TPSA) is 83.0 Å². The van der Waals surface area contributed by atoms with Crippen molar-refractivity contribution in [3.8, 4) is 0 Å². The van der Waals surface area contributed by atoms with Crippen LogP contribution in [-0.2, 0) is 5.41 Å². The minimum absolute atomic E-state index is 0.0452. The van der Waals surface area contributed by atoms with Crippen molar-refractivity contribution in [2.24, 2.45) is 5.92 Å². The van der Waals surface area contributed by atoms with Gasteiger partial charge in [-0.2, -0.15) is 0 Å². The molecular formula is C29H35ClN6OS. The molecular weight excluding hydrogens is 516 g/mol. The molecule has 5 heterocycles. The van der Waals surface area contributed by atoms with Gasteiger partial charge in [0.25, 0.3) is 5.91 Å². The van der Waals surface area contributed by atoms with E-state index in [0.29, 0.717) is 21.5 Å². The lowest BCUT2D eigenvalue weighted by Crippen LogP contribution is -2.40. The zero-order valence-electron chi connectivity index (χ0n) is 22.6. The number of anilines is 2. The Bertz CT molecular complexity index is 1340. The van der Waals surface area contributed by atoms with E-state index < -0.39 is 0 Å². The smallest absolute Gasteiger partial charge is 0.265 e. The molecule has 0 aromatic carbocycles. The maximum Gasteiger partial charge on any atom is 0.265 e. The van der Waals surface area contributed by atoms with Gasteiger partial charge in [-0.3, -0.25) is 14.5 Å². The van der Waals surface area contributed by atoms with Gasteiger partial charge in [-0.1, -0.05) is 38.4 Å². The van der Waals surface area contributed by atoms with Gasteiger partial charge in [-0.25, -0.2) is 9.97 Å². The van der Waals surface area contributed by atoms with Crippen LogP contribution in [-0.4, -0.2) is 32.9 Å². The molecule has 1 amide bonds. The second-order valence-corrected chi connectivity index (χ2v) is 13.1. The summed E-state index contributed by atoms with van der Waals surface area (Å²) in [5.41, 5.74) is 2.18. The van der Waals surface area contributed by atoms with Crippen LogP contribution < -0.4 is 14.9 Å². The second-order valence-electron chi connectivity index (χ2n) is 11.9.